The fraction of sp³-hybridized carbons (Fsp3) is 0.400. The van der Waals surface area contributed by atoms with Gasteiger partial charge in [0.25, 0.3) is 0 Å². The number of hydrogen-bond donors (Lipinski definition) is 2. The maximum absolute atomic E-state index is 10.6. The van der Waals surface area contributed by atoms with Crippen LogP contribution in [0.5, 0.6) is 0 Å². The molecular formula is C5H11N3O2S. The topological polar surface area (TPSA) is 98.5 Å². The van der Waals surface area contributed by atoms with Gasteiger partial charge in [-0.2, -0.15) is 0 Å². The third-order valence-electron chi connectivity index (χ3n) is 0.894. The highest BCUT2D eigenvalue weighted by Gasteiger charge is 2.07. The van der Waals surface area contributed by atoms with Gasteiger partial charge < -0.3 is 5.73 Å². The van der Waals surface area contributed by atoms with Crippen molar-refractivity contribution in [3.8, 4) is 0 Å². The van der Waals surface area contributed by atoms with E-state index in [1.165, 1.54) is 0 Å². The van der Waals surface area contributed by atoms with Gasteiger partial charge in [0, 0.05) is 19.0 Å². The van der Waals surface area contributed by atoms with E-state index in [0.717, 1.165) is 12.4 Å². The largest absolute Gasteiger partial charge is 0.403 e. The molecule has 64 valence electrons. The Morgan fingerprint density at radius 2 is 2.18 bits per heavy atom. The molecule has 0 heterocycles. The molecule has 0 radical (unpaired) electrons. The van der Waals surface area contributed by atoms with E-state index in [4.69, 9.17) is 10.9 Å². The van der Waals surface area contributed by atoms with Crippen LogP contribution in [0.3, 0.4) is 0 Å². The van der Waals surface area contributed by atoms with E-state index >= 15 is 0 Å². The summed E-state index contributed by atoms with van der Waals surface area (Å²) in [5.41, 5.74) is 4.99. The number of aliphatic imine (C=N–C) groups is 1. The van der Waals surface area contributed by atoms with Crippen LogP contribution in [-0.4, -0.2) is 21.2 Å². The number of nitrogens with two attached hydrogens (primary N) is 2. The summed E-state index contributed by atoms with van der Waals surface area (Å²) in [4.78, 5) is 3.51. The Bertz CT molecular complexity index is 265. The second-order valence-corrected chi connectivity index (χ2v) is 3.30. The van der Waals surface area contributed by atoms with Crippen LogP contribution in [0.1, 0.15) is 6.92 Å². The molecule has 0 saturated carbocycles. The fourth-order valence-electron chi connectivity index (χ4n) is 0.393. The van der Waals surface area contributed by atoms with Crippen LogP contribution in [0.4, 0.5) is 0 Å². The number of primary sulfonamides is 1. The Morgan fingerprint density at radius 1 is 1.64 bits per heavy atom. The number of rotatable bonds is 3. The second-order valence-electron chi connectivity index (χ2n) is 1.74. The number of hydrogen-bond acceptors (Lipinski definition) is 4. The van der Waals surface area contributed by atoms with Crippen LogP contribution in [-0.2, 0) is 10.0 Å². The summed E-state index contributed by atoms with van der Waals surface area (Å²) in [6.07, 6.45) is 2.05. The van der Waals surface area contributed by atoms with Crippen LogP contribution < -0.4 is 10.9 Å². The van der Waals surface area contributed by atoms with Crippen LogP contribution in [0.25, 0.3) is 0 Å². The molecule has 4 N–H and O–H groups in total. The molecule has 11 heavy (non-hydrogen) atoms. The Morgan fingerprint density at radius 3 is 2.45 bits per heavy atom. The van der Waals surface area contributed by atoms with Crippen molar-refractivity contribution in [2.75, 3.05) is 6.54 Å². The first-order chi connectivity index (χ1) is 5.02. The predicted octanol–water partition coefficient (Wildman–Crippen LogP) is -0.834. The summed E-state index contributed by atoms with van der Waals surface area (Å²) < 4.78 is 21.2. The normalized spacial score (nSPS) is 14.2. The van der Waals surface area contributed by atoms with Crippen LogP contribution in [0, 0.1) is 0 Å². The first kappa shape index (κ1) is 10.1. The quantitative estimate of drug-likeness (QED) is 0.550. The van der Waals surface area contributed by atoms with Crippen molar-refractivity contribution in [1.29, 1.82) is 0 Å². The Kier molecular flexibility index (Phi) is 3.77. The molecule has 0 aliphatic heterocycles. The molecule has 0 aliphatic rings. The minimum absolute atomic E-state index is 0.167. The number of sulfonamides is 1. The molecule has 0 bridgehead atoms. The smallest absolute Gasteiger partial charge is 0.240 e. The van der Waals surface area contributed by atoms with Crippen molar-refractivity contribution in [2.24, 2.45) is 15.9 Å². The van der Waals surface area contributed by atoms with Crippen LogP contribution in [0.2, 0.25) is 0 Å². The molecule has 0 atom stereocenters. The molecule has 0 saturated heterocycles. The predicted molar refractivity (Wildman–Crippen MR) is 44.4 cm³/mol. The summed E-state index contributed by atoms with van der Waals surface area (Å²) in [5, 5.41) is 4.76. The molecule has 0 rings (SSSR count). The fourth-order valence-corrected chi connectivity index (χ4v) is 0.804. The summed E-state index contributed by atoms with van der Waals surface area (Å²) in [6.45, 7) is 2.26. The summed E-state index contributed by atoms with van der Waals surface area (Å²) in [5.74, 6) is 0. The minimum Gasteiger partial charge on any atom is -0.403 e. The molecule has 0 spiro atoms. The third-order valence-corrected chi connectivity index (χ3v) is 1.79. The van der Waals surface area contributed by atoms with E-state index in [0.29, 0.717) is 6.54 Å². The lowest BCUT2D eigenvalue weighted by Gasteiger charge is -1.94. The average Bonchev–Trinajstić information content (AvgIpc) is 1.87. The average molecular weight is 177 g/mol. The molecule has 0 aliphatic carbocycles. The van der Waals surface area contributed by atoms with E-state index in [-0.39, 0.29) is 4.91 Å². The monoisotopic (exact) mass is 177 g/mol. The highest BCUT2D eigenvalue weighted by molar-refractivity contribution is 7.93. The van der Waals surface area contributed by atoms with Gasteiger partial charge in [0.2, 0.25) is 10.0 Å². The highest BCUT2D eigenvalue weighted by Crippen LogP contribution is 1.94. The van der Waals surface area contributed by atoms with Crippen LogP contribution >= 0.6 is 0 Å². The van der Waals surface area contributed by atoms with Gasteiger partial charge in [0.1, 0.15) is 4.91 Å². The Balaban J connectivity index is 4.61. The zero-order chi connectivity index (χ0) is 8.91. The zero-order valence-electron chi connectivity index (χ0n) is 6.19. The molecule has 0 fully saturated rings. The lowest BCUT2D eigenvalue weighted by Crippen LogP contribution is -2.16. The van der Waals surface area contributed by atoms with Crippen molar-refractivity contribution in [3.05, 3.63) is 11.1 Å². The molecular weight excluding hydrogens is 166 g/mol. The molecule has 0 aromatic rings. The van der Waals surface area contributed by atoms with Crippen LogP contribution in [0.15, 0.2) is 16.1 Å². The zero-order valence-corrected chi connectivity index (χ0v) is 7.00. The molecule has 0 aromatic carbocycles. The number of nitrogens with zero attached hydrogens (tertiary/aromatic N) is 1. The maximum Gasteiger partial charge on any atom is 0.240 e. The van der Waals surface area contributed by atoms with Gasteiger partial charge in [0.05, 0.1) is 0 Å². The van der Waals surface area contributed by atoms with Gasteiger partial charge in [0.15, 0.2) is 0 Å². The van der Waals surface area contributed by atoms with E-state index in [1.807, 2.05) is 0 Å². The lowest BCUT2D eigenvalue weighted by molar-refractivity contribution is 0.605. The molecule has 5 nitrogen and oxygen atoms in total. The first-order valence-electron chi connectivity index (χ1n) is 2.97. The first-order valence-corrected chi connectivity index (χ1v) is 4.51. The highest BCUT2D eigenvalue weighted by atomic mass is 32.2. The van der Waals surface area contributed by atoms with Crippen molar-refractivity contribution < 1.29 is 8.42 Å². The van der Waals surface area contributed by atoms with Crippen molar-refractivity contribution in [3.63, 3.8) is 0 Å². The minimum atomic E-state index is -3.70. The van der Waals surface area contributed by atoms with E-state index in [2.05, 4.69) is 4.99 Å². The molecule has 6 heteroatoms. The summed E-state index contributed by atoms with van der Waals surface area (Å²) in [7, 11) is -3.70. The Labute approximate surface area is 65.8 Å². The van der Waals surface area contributed by atoms with Gasteiger partial charge in [-0.1, -0.05) is 0 Å². The maximum atomic E-state index is 10.6. The summed E-state index contributed by atoms with van der Waals surface area (Å²) >= 11 is 0. The van der Waals surface area contributed by atoms with E-state index in [9.17, 15) is 8.42 Å². The Hall–Kier alpha value is -0.880. The van der Waals surface area contributed by atoms with Gasteiger partial charge in [-0.3, -0.25) is 4.99 Å². The SMILES string of the molecule is CCN=CC(=CN)S(N)(=O)=O. The molecule has 0 unspecified atom stereocenters. The van der Waals surface area contributed by atoms with E-state index in [1.54, 1.807) is 6.92 Å². The van der Waals surface area contributed by atoms with Crippen molar-refractivity contribution in [1.82, 2.24) is 0 Å². The van der Waals surface area contributed by atoms with Gasteiger partial charge >= 0.3 is 0 Å². The van der Waals surface area contributed by atoms with Crippen molar-refractivity contribution >= 4 is 16.2 Å². The third kappa shape index (κ3) is 3.74. The van der Waals surface area contributed by atoms with E-state index < -0.39 is 10.0 Å². The summed E-state index contributed by atoms with van der Waals surface area (Å²) in [6, 6.07) is 0. The van der Waals surface area contributed by atoms with Gasteiger partial charge in [-0.15, -0.1) is 0 Å². The van der Waals surface area contributed by atoms with Gasteiger partial charge in [-0.25, -0.2) is 13.6 Å². The van der Waals surface area contributed by atoms with Crippen molar-refractivity contribution in [2.45, 2.75) is 6.92 Å². The molecule has 0 aromatic heterocycles. The number of allylic oxidation sites excluding steroid dienone is 1. The second kappa shape index (κ2) is 4.09. The lowest BCUT2D eigenvalue weighted by atomic mass is 10.6. The van der Waals surface area contributed by atoms with Gasteiger partial charge in [-0.05, 0) is 6.92 Å². The molecule has 0 amide bonds. The standard InChI is InChI=1S/C5H11N3O2S/c1-2-8-4-5(3-6)11(7,9)10/h3-4H,2,6H2,1H3,(H2,7,9,10).